The first-order valence-corrected chi connectivity index (χ1v) is 4.87. The average molecular weight is 215 g/mol. The molecule has 0 atom stereocenters. The van der Waals surface area contributed by atoms with Gasteiger partial charge in [0.1, 0.15) is 12.4 Å². The van der Waals surface area contributed by atoms with Crippen LogP contribution in [-0.2, 0) is 0 Å². The molecule has 0 radical (unpaired) electrons. The first-order chi connectivity index (χ1) is 7.18. The van der Waals surface area contributed by atoms with Crippen LogP contribution in [0.5, 0.6) is 5.75 Å². The highest BCUT2D eigenvalue weighted by Gasteiger charge is 2.00. The van der Waals surface area contributed by atoms with Crippen molar-refractivity contribution in [2.24, 2.45) is 0 Å². The lowest BCUT2D eigenvalue weighted by Crippen LogP contribution is -2.26. The van der Waals surface area contributed by atoms with Crippen LogP contribution < -0.4 is 10.1 Å². The van der Waals surface area contributed by atoms with E-state index < -0.39 is 6.43 Å². The van der Waals surface area contributed by atoms with Crippen LogP contribution in [0.2, 0.25) is 0 Å². The van der Waals surface area contributed by atoms with E-state index in [1.54, 1.807) is 0 Å². The van der Waals surface area contributed by atoms with Gasteiger partial charge in [-0.05, 0) is 24.6 Å². The molecule has 1 aromatic carbocycles. The Morgan fingerprint density at radius 1 is 1.40 bits per heavy atom. The number of rotatable bonds is 6. The zero-order valence-corrected chi connectivity index (χ0v) is 8.67. The molecule has 1 N–H and O–H groups in total. The van der Waals surface area contributed by atoms with Gasteiger partial charge in [0.2, 0.25) is 0 Å². The third-order valence-electron chi connectivity index (χ3n) is 1.84. The number of hydrogen-bond acceptors (Lipinski definition) is 2. The highest BCUT2D eigenvalue weighted by molar-refractivity contribution is 5.27. The lowest BCUT2D eigenvalue weighted by Gasteiger charge is -2.07. The monoisotopic (exact) mass is 215 g/mol. The molecular weight excluding hydrogens is 200 g/mol. The van der Waals surface area contributed by atoms with Gasteiger partial charge in [0, 0.05) is 6.54 Å². The van der Waals surface area contributed by atoms with Gasteiger partial charge in [-0.25, -0.2) is 8.78 Å². The van der Waals surface area contributed by atoms with Gasteiger partial charge in [0.25, 0.3) is 6.43 Å². The molecule has 0 aromatic heterocycles. The van der Waals surface area contributed by atoms with Crippen molar-refractivity contribution in [2.75, 3.05) is 19.7 Å². The predicted molar refractivity (Wildman–Crippen MR) is 55.5 cm³/mol. The third kappa shape index (κ3) is 5.32. The number of nitrogens with one attached hydrogen (secondary N) is 1. The van der Waals surface area contributed by atoms with Gasteiger partial charge in [-0.3, -0.25) is 0 Å². The molecule has 0 aliphatic carbocycles. The molecule has 2 nitrogen and oxygen atoms in total. The molecule has 0 bridgehead atoms. The molecule has 0 amide bonds. The minimum atomic E-state index is -2.30. The quantitative estimate of drug-likeness (QED) is 0.735. The second-order valence-electron chi connectivity index (χ2n) is 3.26. The minimum absolute atomic E-state index is 0.281. The van der Waals surface area contributed by atoms with Gasteiger partial charge in [0.15, 0.2) is 0 Å². The Morgan fingerprint density at radius 3 is 2.87 bits per heavy atom. The summed E-state index contributed by atoms with van der Waals surface area (Å²) in [5.41, 5.74) is 1.12. The van der Waals surface area contributed by atoms with E-state index in [1.165, 1.54) is 0 Å². The maximum Gasteiger partial charge on any atom is 0.250 e. The van der Waals surface area contributed by atoms with Crippen LogP contribution in [0.4, 0.5) is 8.78 Å². The van der Waals surface area contributed by atoms with Crippen molar-refractivity contribution in [3.8, 4) is 5.75 Å². The maximum absolute atomic E-state index is 11.7. The SMILES string of the molecule is Cc1cccc(OCCNCC(F)F)c1. The first kappa shape index (κ1) is 11.9. The smallest absolute Gasteiger partial charge is 0.250 e. The van der Waals surface area contributed by atoms with Crippen LogP contribution >= 0.6 is 0 Å². The molecule has 0 fully saturated rings. The summed E-state index contributed by atoms with van der Waals surface area (Å²) in [5.74, 6) is 0.772. The Balaban J connectivity index is 2.15. The second-order valence-corrected chi connectivity index (χ2v) is 3.26. The maximum atomic E-state index is 11.7. The van der Waals surface area contributed by atoms with Crippen molar-refractivity contribution >= 4 is 0 Å². The molecule has 84 valence electrons. The summed E-state index contributed by atoms with van der Waals surface area (Å²) in [6, 6.07) is 7.63. The fourth-order valence-corrected chi connectivity index (χ4v) is 1.16. The van der Waals surface area contributed by atoms with Crippen LogP contribution in [0.25, 0.3) is 0 Å². The Kier molecular flexibility index (Phi) is 5.04. The Labute approximate surface area is 88.3 Å². The summed E-state index contributed by atoms with van der Waals surface area (Å²) in [6.45, 7) is 2.52. The number of halogens is 2. The molecule has 0 aliphatic rings. The average Bonchev–Trinajstić information content (AvgIpc) is 2.17. The molecule has 0 spiro atoms. The molecule has 1 rings (SSSR count). The fraction of sp³-hybridized carbons (Fsp3) is 0.455. The Morgan fingerprint density at radius 2 is 2.20 bits per heavy atom. The fourth-order valence-electron chi connectivity index (χ4n) is 1.16. The number of alkyl halides is 2. The lowest BCUT2D eigenvalue weighted by molar-refractivity contribution is 0.144. The van der Waals surface area contributed by atoms with Crippen LogP contribution in [0, 0.1) is 6.92 Å². The van der Waals surface area contributed by atoms with Crippen LogP contribution in [0.1, 0.15) is 5.56 Å². The summed E-state index contributed by atoms with van der Waals surface area (Å²) >= 11 is 0. The summed E-state index contributed by atoms with van der Waals surface area (Å²) in [5, 5.41) is 2.59. The summed E-state index contributed by atoms with van der Waals surface area (Å²) in [4.78, 5) is 0. The predicted octanol–water partition coefficient (Wildman–Crippen LogP) is 2.23. The van der Waals surface area contributed by atoms with Crippen molar-refractivity contribution in [2.45, 2.75) is 13.3 Å². The molecule has 0 saturated carbocycles. The van der Waals surface area contributed by atoms with Crippen molar-refractivity contribution in [1.29, 1.82) is 0 Å². The normalized spacial score (nSPS) is 10.7. The number of hydrogen-bond donors (Lipinski definition) is 1. The standard InChI is InChI=1S/C11H15F2NO/c1-9-3-2-4-10(7-9)15-6-5-14-8-11(12)13/h2-4,7,11,14H,5-6,8H2,1H3. The van der Waals surface area contributed by atoms with E-state index in [2.05, 4.69) is 5.32 Å². The Hall–Kier alpha value is -1.16. The highest BCUT2D eigenvalue weighted by atomic mass is 19.3. The molecule has 15 heavy (non-hydrogen) atoms. The molecule has 4 heteroatoms. The van der Waals surface area contributed by atoms with E-state index in [0.29, 0.717) is 13.2 Å². The summed E-state index contributed by atoms with van der Waals surface area (Å²) in [6.07, 6.45) is -2.30. The zero-order chi connectivity index (χ0) is 11.1. The Bertz CT molecular complexity index is 292. The molecule has 0 aliphatic heterocycles. The lowest BCUT2D eigenvalue weighted by atomic mass is 10.2. The minimum Gasteiger partial charge on any atom is -0.492 e. The largest absolute Gasteiger partial charge is 0.492 e. The number of ether oxygens (including phenoxy) is 1. The molecule has 0 saturated heterocycles. The van der Waals surface area contributed by atoms with Crippen molar-refractivity contribution in [1.82, 2.24) is 5.32 Å². The van der Waals surface area contributed by atoms with Gasteiger partial charge in [-0.2, -0.15) is 0 Å². The molecule has 0 heterocycles. The second kappa shape index (κ2) is 6.35. The summed E-state index contributed by atoms with van der Waals surface area (Å²) in [7, 11) is 0. The van der Waals surface area contributed by atoms with Crippen molar-refractivity contribution in [3.05, 3.63) is 29.8 Å². The highest BCUT2D eigenvalue weighted by Crippen LogP contribution is 2.11. The van der Waals surface area contributed by atoms with E-state index >= 15 is 0 Å². The van der Waals surface area contributed by atoms with Gasteiger partial charge in [0.05, 0.1) is 6.54 Å². The number of aryl methyl sites for hydroxylation is 1. The van der Waals surface area contributed by atoms with Crippen LogP contribution in [-0.4, -0.2) is 26.1 Å². The van der Waals surface area contributed by atoms with Gasteiger partial charge >= 0.3 is 0 Å². The van der Waals surface area contributed by atoms with Gasteiger partial charge in [-0.15, -0.1) is 0 Å². The number of benzene rings is 1. The molecular formula is C11H15F2NO. The topological polar surface area (TPSA) is 21.3 Å². The van der Waals surface area contributed by atoms with E-state index in [-0.39, 0.29) is 6.54 Å². The first-order valence-electron chi connectivity index (χ1n) is 4.87. The van der Waals surface area contributed by atoms with Gasteiger partial charge < -0.3 is 10.1 Å². The zero-order valence-electron chi connectivity index (χ0n) is 8.67. The molecule has 1 aromatic rings. The van der Waals surface area contributed by atoms with E-state index in [0.717, 1.165) is 11.3 Å². The third-order valence-corrected chi connectivity index (χ3v) is 1.84. The molecule has 0 unspecified atom stereocenters. The summed E-state index contributed by atoms with van der Waals surface area (Å²) < 4.78 is 28.8. The van der Waals surface area contributed by atoms with Crippen LogP contribution in [0.15, 0.2) is 24.3 Å². The van der Waals surface area contributed by atoms with Crippen LogP contribution in [0.3, 0.4) is 0 Å². The van der Waals surface area contributed by atoms with E-state index in [9.17, 15) is 8.78 Å². The van der Waals surface area contributed by atoms with E-state index in [1.807, 2.05) is 31.2 Å². The van der Waals surface area contributed by atoms with E-state index in [4.69, 9.17) is 4.74 Å². The van der Waals surface area contributed by atoms with Gasteiger partial charge in [-0.1, -0.05) is 12.1 Å². The van der Waals surface area contributed by atoms with Crippen molar-refractivity contribution < 1.29 is 13.5 Å². The van der Waals surface area contributed by atoms with Crippen molar-refractivity contribution in [3.63, 3.8) is 0 Å².